The largest absolute Gasteiger partial charge is 0.421 e. The first kappa shape index (κ1) is 17.6. The number of carbonyl (C=O) groups excluding carboxylic acids is 1. The fourth-order valence-corrected chi connectivity index (χ4v) is 3.96. The summed E-state index contributed by atoms with van der Waals surface area (Å²) in [6.45, 7) is 4.46. The molecule has 2 fully saturated rings. The van der Waals surface area contributed by atoms with Crippen LogP contribution in [0.5, 0.6) is 0 Å². The molecule has 0 N–H and O–H groups in total. The van der Waals surface area contributed by atoms with Crippen molar-refractivity contribution in [2.45, 2.75) is 19.5 Å². The summed E-state index contributed by atoms with van der Waals surface area (Å²) in [6, 6.07) is 5.15. The number of likely N-dealkylation sites (tertiary alicyclic amines) is 1. The number of benzene rings is 1. The van der Waals surface area contributed by atoms with Gasteiger partial charge in [0.2, 0.25) is 5.91 Å². The number of morpholine rings is 1. The Balaban J connectivity index is 1.48. The van der Waals surface area contributed by atoms with Crippen molar-refractivity contribution in [2.24, 2.45) is 5.92 Å². The van der Waals surface area contributed by atoms with Crippen LogP contribution in [0.4, 0.5) is 0 Å². The molecule has 2 saturated heterocycles. The van der Waals surface area contributed by atoms with Gasteiger partial charge in [0.25, 0.3) is 0 Å². The Labute approximate surface area is 156 Å². The third kappa shape index (κ3) is 3.51. The van der Waals surface area contributed by atoms with Gasteiger partial charge in [-0.05, 0) is 37.6 Å². The highest BCUT2D eigenvalue weighted by atomic mass is 35.5. The highest BCUT2D eigenvalue weighted by Crippen LogP contribution is 2.22. The smallest absolute Gasteiger partial charge is 0.408 e. The van der Waals surface area contributed by atoms with E-state index in [9.17, 15) is 9.59 Å². The van der Waals surface area contributed by atoms with E-state index in [1.54, 1.807) is 22.8 Å². The second-order valence-corrected chi connectivity index (χ2v) is 7.34. The average molecular weight is 380 g/mol. The van der Waals surface area contributed by atoms with E-state index in [1.807, 2.05) is 4.90 Å². The van der Waals surface area contributed by atoms with E-state index in [1.165, 1.54) is 0 Å². The molecule has 7 nitrogen and oxygen atoms in total. The predicted molar refractivity (Wildman–Crippen MR) is 97.2 cm³/mol. The van der Waals surface area contributed by atoms with Crippen LogP contribution in [0.2, 0.25) is 5.02 Å². The van der Waals surface area contributed by atoms with Crippen LogP contribution in [-0.4, -0.2) is 59.7 Å². The van der Waals surface area contributed by atoms with Crippen LogP contribution in [-0.2, 0) is 16.2 Å². The molecule has 140 valence electrons. The van der Waals surface area contributed by atoms with Crippen molar-refractivity contribution in [3.63, 3.8) is 0 Å². The summed E-state index contributed by atoms with van der Waals surface area (Å²) >= 11 is 6.06. The van der Waals surface area contributed by atoms with Crippen molar-refractivity contribution in [1.82, 2.24) is 14.4 Å². The Morgan fingerprint density at radius 2 is 2.04 bits per heavy atom. The van der Waals surface area contributed by atoms with E-state index in [4.69, 9.17) is 20.8 Å². The number of halogens is 1. The molecular formula is C18H22ClN3O4. The van der Waals surface area contributed by atoms with Crippen molar-refractivity contribution in [3.8, 4) is 0 Å². The first-order valence-corrected chi connectivity index (χ1v) is 9.37. The number of rotatable bonds is 3. The molecule has 2 aliphatic rings. The summed E-state index contributed by atoms with van der Waals surface area (Å²) in [4.78, 5) is 29.0. The zero-order chi connectivity index (χ0) is 18.1. The van der Waals surface area contributed by atoms with Gasteiger partial charge in [-0.2, -0.15) is 0 Å². The Morgan fingerprint density at radius 3 is 2.85 bits per heavy atom. The molecule has 0 unspecified atom stereocenters. The molecule has 0 spiro atoms. The molecule has 0 saturated carbocycles. The fraction of sp³-hybridized carbons (Fsp3) is 0.556. The molecule has 0 bridgehead atoms. The number of carbonyl (C=O) groups is 1. The van der Waals surface area contributed by atoms with Gasteiger partial charge >= 0.3 is 5.76 Å². The van der Waals surface area contributed by atoms with Crippen molar-refractivity contribution >= 4 is 28.6 Å². The monoisotopic (exact) mass is 379 g/mol. The van der Waals surface area contributed by atoms with Crippen molar-refractivity contribution in [1.29, 1.82) is 0 Å². The Morgan fingerprint density at radius 1 is 1.23 bits per heavy atom. The Bertz CT molecular complexity index is 856. The normalized spacial score (nSPS) is 22.0. The maximum Gasteiger partial charge on any atom is 0.421 e. The number of piperidine rings is 1. The third-order valence-electron chi connectivity index (χ3n) is 5.15. The molecule has 2 aromatic rings. The average Bonchev–Trinajstić information content (AvgIpc) is 2.97. The zero-order valence-corrected chi connectivity index (χ0v) is 15.3. The lowest BCUT2D eigenvalue weighted by Crippen LogP contribution is -2.48. The highest BCUT2D eigenvalue weighted by Gasteiger charge is 2.30. The lowest BCUT2D eigenvalue weighted by atomic mass is 9.96. The standard InChI is InChI=1S/C18H22ClN3O4/c19-14-3-4-16-15(10-14)22(18(24)26-16)12-20-5-1-2-13(11-20)17(23)21-6-8-25-9-7-21/h3-4,10,13H,1-2,5-9,11-12H2/t13-/m0/s1. The van der Waals surface area contributed by atoms with Crippen molar-refractivity contribution in [2.75, 3.05) is 39.4 Å². The molecular weight excluding hydrogens is 358 g/mol. The predicted octanol–water partition coefficient (Wildman–Crippen LogP) is 1.78. The van der Waals surface area contributed by atoms with Gasteiger partial charge in [0.05, 0.1) is 31.3 Å². The molecule has 4 rings (SSSR count). The topological polar surface area (TPSA) is 67.9 Å². The SMILES string of the molecule is O=C([C@H]1CCCN(Cn2c(=O)oc3ccc(Cl)cc32)C1)N1CCOCC1. The van der Waals surface area contributed by atoms with E-state index < -0.39 is 5.76 Å². The number of aromatic nitrogens is 1. The first-order valence-electron chi connectivity index (χ1n) is 8.99. The minimum absolute atomic E-state index is 0.0284. The van der Waals surface area contributed by atoms with Gasteiger partial charge < -0.3 is 14.1 Å². The molecule has 0 radical (unpaired) electrons. The van der Waals surface area contributed by atoms with E-state index >= 15 is 0 Å². The molecule has 8 heteroatoms. The van der Waals surface area contributed by atoms with Crippen molar-refractivity contribution in [3.05, 3.63) is 33.8 Å². The van der Waals surface area contributed by atoms with Crippen LogP contribution in [0.15, 0.2) is 27.4 Å². The van der Waals surface area contributed by atoms with Crippen LogP contribution in [0.3, 0.4) is 0 Å². The van der Waals surface area contributed by atoms with Crippen LogP contribution in [0.25, 0.3) is 11.1 Å². The summed E-state index contributed by atoms with van der Waals surface area (Å²) in [5.41, 5.74) is 1.21. The van der Waals surface area contributed by atoms with Crippen LogP contribution < -0.4 is 5.76 Å². The molecule has 0 aliphatic carbocycles. The number of fused-ring (bicyclic) bond motifs is 1. The van der Waals surface area contributed by atoms with Gasteiger partial charge in [-0.1, -0.05) is 11.6 Å². The molecule has 26 heavy (non-hydrogen) atoms. The number of oxazole rings is 1. The van der Waals surface area contributed by atoms with Crippen LogP contribution in [0, 0.1) is 5.92 Å². The maximum absolute atomic E-state index is 12.8. The molecule has 1 atom stereocenters. The zero-order valence-electron chi connectivity index (χ0n) is 14.5. The van der Waals surface area contributed by atoms with Crippen molar-refractivity contribution < 1.29 is 13.9 Å². The van der Waals surface area contributed by atoms with Gasteiger partial charge in [-0.25, -0.2) is 4.79 Å². The Hall–Kier alpha value is -1.83. The number of hydrogen-bond acceptors (Lipinski definition) is 5. The summed E-state index contributed by atoms with van der Waals surface area (Å²) in [5.74, 6) is -0.228. The van der Waals surface area contributed by atoms with E-state index in [-0.39, 0.29) is 11.8 Å². The third-order valence-corrected chi connectivity index (χ3v) is 5.38. The van der Waals surface area contributed by atoms with Crippen LogP contribution in [0.1, 0.15) is 12.8 Å². The van der Waals surface area contributed by atoms with E-state index in [0.29, 0.717) is 55.6 Å². The number of ether oxygens (including phenoxy) is 1. The number of amides is 1. The van der Waals surface area contributed by atoms with Gasteiger partial charge in [0, 0.05) is 24.7 Å². The number of nitrogens with zero attached hydrogens (tertiary/aromatic N) is 3. The van der Waals surface area contributed by atoms with Gasteiger partial charge in [-0.15, -0.1) is 0 Å². The summed E-state index contributed by atoms with van der Waals surface area (Å²) in [7, 11) is 0. The second kappa shape index (κ2) is 7.42. The highest BCUT2D eigenvalue weighted by molar-refractivity contribution is 6.31. The van der Waals surface area contributed by atoms with Gasteiger partial charge in [0.1, 0.15) is 0 Å². The molecule has 1 amide bonds. The van der Waals surface area contributed by atoms with E-state index in [2.05, 4.69) is 4.90 Å². The maximum atomic E-state index is 12.8. The minimum atomic E-state index is -0.399. The fourth-order valence-electron chi connectivity index (χ4n) is 3.80. The van der Waals surface area contributed by atoms with Gasteiger partial charge in [0.15, 0.2) is 5.58 Å². The Kier molecular flexibility index (Phi) is 5.02. The molecule has 3 heterocycles. The summed E-state index contributed by atoms with van der Waals surface area (Å²) in [6.07, 6.45) is 1.82. The van der Waals surface area contributed by atoms with Gasteiger partial charge in [-0.3, -0.25) is 14.3 Å². The first-order chi connectivity index (χ1) is 12.6. The second-order valence-electron chi connectivity index (χ2n) is 6.90. The molecule has 1 aromatic heterocycles. The lowest BCUT2D eigenvalue weighted by Gasteiger charge is -2.36. The summed E-state index contributed by atoms with van der Waals surface area (Å²) in [5, 5.41) is 0.561. The lowest BCUT2D eigenvalue weighted by molar-refractivity contribution is -0.141. The molecule has 2 aliphatic heterocycles. The summed E-state index contributed by atoms with van der Waals surface area (Å²) < 4.78 is 12.2. The quantitative estimate of drug-likeness (QED) is 0.813. The molecule has 1 aromatic carbocycles. The minimum Gasteiger partial charge on any atom is -0.408 e. The number of hydrogen-bond donors (Lipinski definition) is 0. The van der Waals surface area contributed by atoms with Crippen LogP contribution >= 0.6 is 11.6 Å². The van der Waals surface area contributed by atoms with E-state index in [0.717, 1.165) is 19.4 Å².